The Labute approximate surface area is 63.0 Å². The van der Waals surface area contributed by atoms with Crippen LogP contribution in [0.5, 0.6) is 0 Å². The average molecular weight is 139 g/mol. The Morgan fingerprint density at radius 2 is 2.00 bits per heavy atom. The molecule has 58 valence electrons. The van der Waals surface area contributed by atoms with Gasteiger partial charge >= 0.3 is 0 Å². The van der Waals surface area contributed by atoms with Gasteiger partial charge in [-0.2, -0.15) is 0 Å². The maximum absolute atomic E-state index is 5.69. The molecule has 1 nitrogen and oxygen atoms in total. The first kappa shape index (κ1) is 6.66. The van der Waals surface area contributed by atoms with Gasteiger partial charge in [0.2, 0.25) is 0 Å². The van der Waals surface area contributed by atoms with Crippen molar-refractivity contribution in [3.05, 3.63) is 0 Å². The van der Waals surface area contributed by atoms with Gasteiger partial charge in [-0.15, -0.1) is 0 Å². The van der Waals surface area contributed by atoms with Crippen molar-refractivity contribution in [1.29, 1.82) is 0 Å². The molecule has 0 heterocycles. The molecule has 2 fully saturated rings. The average Bonchev–Trinajstić information content (AvgIpc) is 2.44. The Morgan fingerprint density at radius 1 is 1.10 bits per heavy atom. The van der Waals surface area contributed by atoms with E-state index in [2.05, 4.69) is 0 Å². The first-order chi connectivity index (χ1) is 4.92. The fourth-order valence-electron chi connectivity index (χ4n) is 2.98. The predicted molar refractivity (Wildman–Crippen MR) is 42.6 cm³/mol. The minimum absolute atomic E-state index is 0.896. The second kappa shape index (κ2) is 2.54. The van der Waals surface area contributed by atoms with Crippen LogP contribution in [0.1, 0.15) is 32.1 Å². The van der Waals surface area contributed by atoms with E-state index in [9.17, 15) is 0 Å². The maximum atomic E-state index is 5.69. The molecule has 0 spiro atoms. The molecular weight excluding hydrogens is 122 g/mol. The van der Waals surface area contributed by atoms with Gasteiger partial charge in [0.05, 0.1) is 0 Å². The van der Waals surface area contributed by atoms with Crippen molar-refractivity contribution in [1.82, 2.24) is 0 Å². The molecule has 2 N–H and O–H groups in total. The Balaban J connectivity index is 2.01. The van der Waals surface area contributed by atoms with Crippen molar-refractivity contribution in [3.63, 3.8) is 0 Å². The monoisotopic (exact) mass is 139 g/mol. The van der Waals surface area contributed by atoms with Gasteiger partial charge in [0.1, 0.15) is 0 Å². The molecule has 2 rings (SSSR count). The van der Waals surface area contributed by atoms with Gasteiger partial charge in [-0.1, -0.05) is 12.8 Å². The Morgan fingerprint density at radius 3 is 2.80 bits per heavy atom. The highest BCUT2D eigenvalue weighted by Gasteiger charge is 2.37. The van der Waals surface area contributed by atoms with Crippen LogP contribution in [0.25, 0.3) is 0 Å². The van der Waals surface area contributed by atoms with Crippen LogP contribution in [-0.4, -0.2) is 6.54 Å². The van der Waals surface area contributed by atoms with Gasteiger partial charge in [0.15, 0.2) is 0 Å². The van der Waals surface area contributed by atoms with E-state index in [4.69, 9.17) is 5.73 Å². The predicted octanol–water partition coefficient (Wildman–Crippen LogP) is 1.77. The Bertz CT molecular complexity index is 122. The second-order valence-corrected chi connectivity index (χ2v) is 3.93. The Hall–Kier alpha value is -0.0400. The topological polar surface area (TPSA) is 26.0 Å². The highest BCUT2D eigenvalue weighted by atomic mass is 14.6. The fourth-order valence-corrected chi connectivity index (χ4v) is 2.98. The van der Waals surface area contributed by atoms with Crippen molar-refractivity contribution in [2.45, 2.75) is 32.1 Å². The van der Waals surface area contributed by atoms with Crippen molar-refractivity contribution in [2.75, 3.05) is 6.54 Å². The van der Waals surface area contributed by atoms with Gasteiger partial charge in [0, 0.05) is 0 Å². The van der Waals surface area contributed by atoms with Crippen molar-refractivity contribution >= 4 is 0 Å². The minimum atomic E-state index is 0.896. The third kappa shape index (κ3) is 0.878. The molecule has 3 atom stereocenters. The highest BCUT2D eigenvalue weighted by Crippen LogP contribution is 2.46. The molecule has 0 aliphatic heterocycles. The first-order valence-corrected chi connectivity index (χ1v) is 4.62. The fraction of sp³-hybridized carbons (Fsp3) is 1.00. The molecule has 1 heteroatoms. The molecule has 0 unspecified atom stereocenters. The SMILES string of the molecule is NC[C@@H]1CC[C@H]2CCC[C@H]21. The first-order valence-electron chi connectivity index (χ1n) is 4.62. The number of rotatable bonds is 1. The van der Waals surface area contributed by atoms with E-state index in [0.29, 0.717) is 0 Å². The summed E-state index contributed by atoms with van der Waals surface area (Å²) < 4.78 is 0. The summed E-state index contributed by atoms with van der Waals surface area (Å²) in [6.45, 7) is 0.946. The standard InChI is InChI=1S/C9H17N/c10-6-8-5-4-7-2-1-3-9(7)8/h7-9H,1-6,10H2/t7-,8+,9-/m1/s1. The molecule has 2 aliphatic rings. The number of fused-ring (bicyclic) bond motifs is 1. The van der Waals surface area contributed by atoms with Gasteiger partial charge < -0.3 is 5.73 Å². The maximum Gasteiger partial charge on any atom is -0.00461 e. The van der Waals surface area contributed by atoms with E-state index in [1.54, 1.807) is 0 Å². The quantitative estimate of drug-likeness (QED) is 0.588. The molecule has 2 saturated carbocycles. The van der Waals surface area contributed by atoms with Crippen molar-refractivity contribution < 1.29 is 0 Å². The summed E-state index contributed by atoms with van der Waals surface area (Å²) in [7, 11) is 0. The molecule has 10 heavy (non-hydrogen) atoms. The van der Waals surface area contributed by atoms with Crippen LogP contribution in [0.15, 0.2) is 0 Å². The lowest BCUT2D eigenvalue weighted by Gasteiger charge is -2.15. The zero-order valence-electron chi connectivity index (χ0n) is 6.55. The summed E-state index contributed by atoms with van der Waals surface area (Å²) in [5.74, 6) is 3.01. The van der Waals surface area contributed by atoms with Crippen LogP contribution < -0.4 is 5.73 Å². The van der Waals surface area contributed by atoms with Gasteiger partial charge in [-0.3, -0.25) is 0 Å². The number of hydrogen-bond donors (Lipinski definition) is 1. The van der Waals surface area contributed by atoms with Crippen molar-refractivity contribution in [3.8, 4) is 0 Å². The zero-order valence-corrected chi connectivity index (χ0v) is 6.55. The van der Waals surface area contributed by atoms with E-state index in [1.807, 2.05) is 0 Å². The van der Waals surface area contributed by atoms with E-state index in [-0.39, 0.29) is 0 Å². The lowest BCUT2D eigenvalue weighted by atomic mass is 9.92. The molecule has 0 bridgehead atoms. The molecule has 0 aromatic rings. The normalized spacial score (nSPS) is 45.9. The van der Waals surface area contributed by atoms with E-state index < -0.39 is 0 Å². The lowest BCUT2D eigenvalue weighted by Crippen LogP contribution is -2.18. The summed E-state index contributed by atoms with van der Waals surface area (Å²) in [5.41, 5.74) is 5.69. The van der Waals surface area contributed by atoms with Crippen LogP contribution in [0.3, 0.4) is 0 Å². The lowest BCUT2D eigenvalue weighted by molar-refractivity contribution is 0.360. The van der Waals surface area contributed by atoms with Crippen LogP contribution in [-0.2, 0) is 0 Å². The summed E-state index contributed by atoms with van der Waals surface area (Å²) in [6, 6.07) is 0. The molecular formula is C9H17N. The number of hydrogen-bond acceptors (Lipinski definition) is 1. The van der Waals surface area contributed by atoms with Crippen LogP contribution >= 0.6 is 0 Å². The molecule has 0 radical (unpaired) electrons. The molecule has 0 saturated heterocycles. The summed E-state index contributed by atoms with van der Waals surface area (Å²) in [4.78, 5) is 0. The van der Waals surface area contributed by atoms with E-state index in [1.165, 1.54) is 32.1 Å². The molecule has 2 aliphatic carbocycles. The largest absolute Gasteiger partial charge is 0.330 e. The van der Waals surface area contributed by atoms with Gasteiger partial charge in [-0.25, -0.2) is 0 Å². The van der Waals surface area contributed by atoms with Crippen molar-refractivity contribution in [2.24, 2.45) is 23.5 Å². The zero-order chi connectivity index (χ0) is 6.97. The van der Waals surface area contributed by atoms with E-state index in [0.717, 1.165) is 24.3 Å². The van der Waals surface area contributed by atoms with Crippen LogP contribution in [0, 0.1) is 17.8 Å². The third-order valence-electron chi connectivity index (χ3n) is 3.53. The smallest absolute Gasteiger partial charge is 0.00461 e. The minimum Gasteiger partial charge on any atom is -0.330 e. The summed E-state index contributed by atoms with van der Waals surface area (Å²) in [6.07, 6.45) is 7.36. The van der Waals surface area contributed by atoms with Gasteiger partial charge in [-0.05, 0) is 43.6 Å². The Kier molecular flexibility index (Phi) is 1.69. The van der Waals surface area contributed by atoms with Crippen LogP contribution in [0.4, 0.5) is 0 Å². The van der Waals surface area contributed by atoms with E-state index >= 15 is 0 Å². The van der Waals surface area contributed by atoms with Gasteiger partial charge in [0.25, 0.3) is 0 Å². The van der Waals surface area contributed by atoms with Crippen LogP contribution in [0.2, 0.25) is 0 Å². The summed E-state index contributed by atoms with van der Waals surface area (Å²) in [5, 5.41) is 0. The molecule has 0 amide bonds. The highest BCUT2D eigenvalue weighted by molar-refractivity contribution is 4.89. The summed E-state index contributed by atoms with van der Waals surface area (Å²) >= 11 is 0. The third-order valence-corrected chi connectivity index (χ3v) is 3.53. The molecule has 0 aromatic heterocycles. The number of nitrogens with two attached hydrogens (primary N) is 1. The molecule has 0 aromatic carbocycles. The second-order valence-electron chi connectivity index (χ2n) is 3.93.